The maximum absolute atomic E-state index is 2.36. The SMILES string of the molecule is CC.CCC.Cc1ccn2c1CN(C)CC2. The van der Waals surface area contributed by atoms with Crippen molar-refractivity contribution in [1.29, 1.82) is 0 Å². The van der Waals surface area contributed by atoms with Gasteiger partial charge in [-0.25, -0.2) is 0 Å². The molecule has 2 rings (SSSR count). The van der Waals surface area contributed by atoms with E-state index in [0.717, 1.165) is 13.1 Å². The van der Waals surface area contributed by atoms with Gasteiger partial charge >= 0.3 is 0 Å². The maximum atomic E-state index is 2.36. The zero-order chi connectivity index (χ0) is 12.6. The van der Waals surface area contributed by atoms with E-state index in [-0.39, 0.29) is 0 Å². The van der Waals surface area contributed by atoms with E-state index >= 15 is 0 Å². The molecule has 16 heavy (non-hydrogen) atoms. The van der Waals surface area contributed by atoms with Crippen LogP contribution >= 0.6 is 0 Å². The molecular weight excluding hydrogens is 196 g/mol. The first-order valence-electron chi connectivity index (χ1n) is 6.52. The third-order valence-electron chi connectivity index (χ3n) is 2.45. The number of hydrogen-bond acceptors (Lipinski definition) is 1. The minimum atomic E-state index is 1.11. The molecule has 0 aliphatic carbocycles. The topological polar surface area (TPSA) is 8.17 Å². The molecule has 0 N–H and O–H groups in total. The molecule has 2 heteroatoms. The molecule has 0 radical (unpaired) electrons. The lowest BCUT2D eigenvalue weighted by atomic mass is 10.2. The Bertz CT molecular complexity index is 276. The molecule has 0 spiro atoms. The second-order valence-corrected chi connectivity index (χ2v) is 4.08. The number of rotatable bonds is 0. The van der Waals surface area contributed by atoms with Crippen LogP contribution in [-0.2, 0) is 13.1 Å². The quantitative estimate of drug-likeness (QED) is 0.652. The van der Waals surface area contributed by atoms with E-state index in [1.54, 1.807) is 0 Å². The van der Waals surface area contributed by atoms with Gasteiger partial charge in [0.1, 0.15) is 0 Å². The number of likely N-dealkylation sites (N-methyl/N-ethyl adjacent to an activating group) is 1. The Kier molecular flexibility index (Phi) is 8.00. The first-order valence-corrected chi connectivity index (χ1v) is 6.52. The zero-order valence-electron chi connectivity index (χ0n) is 11.9. The van der Waals surface area contributed by atoms with Crippen LogP contribution in [0.25, 0.3) is 0 Å². The molecule has 2 heterocycles. The van der Waals surface area contributed by atoms with Gasteiger partial charge in [0.25, 0.3) is 0 Å². The second kappa shape index (κ2) is 8.40. The highest BCUT2D eigenvalue weighted by Gasteiger charge is 2.13. The van der Waals surface area contributed by atoms with Crippen molar-refractivity contribution in [1.82, 2.24) is 9.47 Å². The normalized spacial score (nSPS) is 14.1. The predicted octanol–water partition coefficient (Wildman–Crippen LogP) is 3.68. The fourth-order valence-electron chi connectivity index (χ4n) is 1.65. The van der Waals surface area contributed by atoms with Crippen LogP contribution in [0.4, 0.5) is 0 Å². The van der Waals surface area contributed by atoms with Crippen LogP contribution in [0.5, 0.6) is 0 Å². The fourth-order valence-corrected chi connectivity index (χ4v) is 1.65. The van der Waals surface area contributed by atoms with E-state index in [1.165, 1.54) is 24.2 Å². The van der Waals surface area contributed by atoms with Crippen LogP contribution in [-0.4, -0.2) is 23.1 Å². The van der Waals surface area contributed by atoms with E-state index in [0.29, 0.717) is 0 Å². The Balaban J connectivity index is 0.000000394. The Morgan fingerprint density at radius 2 is 1.75 bits per heavy atom. The van der Waals surface area contributed by atoms with Gasteiger partial charge in [0.15, 0.2) is 0 Å². The summed E-state index contributed by atoms with van der Waals surface area (Å²) >= 11 is 0. The first kappa shape index (κ1) is 15.2. The van der Waals surface area contributed by atoms with Gasteiger partial charge in [0, 0.05) is 31.5 Å². The Labute approximate surface area is 101 Å². The summed E-state index contributed by atoms with van der Waals surface area (Å²) in [7, 11) is 2.18. The van der Waals surface area contributed by atoms with E-state index in [2.05, 4.69) is 49.5 Å². The molecule has 1 aliphatic rings. The largest absolute Gasteiger partial charge is 0.349 e. The van der Waals surface area contributed by atoms with Gasteiger partial charge in [-0.05, 0) is 25.6 Å². The highest BCUT2D eigenvalue weighted by molar-refractivity contribution is 5.21. The molecule has 94 valence electrons. The standard InChI is InChI=1S/C9H14N2.C3H8.C2H6/c1-8-3-4-11-6-5-10(2)7-9(8)11;1-3-2;1-2/h3-4H,5-7H2,1-2H3;3H2,1-2H3;1-2H3. The molecule has 0 aromatic carbocycles. The van der Waals surface area contributed by atoms with Gasteiger partial charge in [-0.2, -0.15) is 0 Å². The van der Waals surface area contributed by atoms with Crippen molar-refractivity contribution >= 4 is 0 Å². The average Bonchev–Trinajstić information content (AvgIpc) is 2.64. The lowest BCUT2D eigenvalue weighted by molar-refractivity contribution is 0.269. The highest BCUT2D eigenvalue weighted by atomic mass is 15.2. The Morgan fingerprint density at radius 1 is 1.19 bits per heavy atom. The van der Waals surface area contributed by atoms with Gasteiger partial charge in [0.05, 0.1) is 0 Å². The summed E-state index contributed by atoms with van der Waals surface area (Å²) in [5.41, 5.74) is 2.91. The molecule has 1 aromatic heterocycles. The fraction of sp³-hybridized carbons (Fsp3) is 0.714. The summed E-state index contributed by atoms with van der Waals surface area (Å²) in [5, 5.41) is 0. The molecule has 0 amide bonds. The highest BCUT2D eigenvalue weighted by Crippen LogP contribution is 2.15. The molecule has 2 nitrogen and oxygen atoms in total. The van der Waals surface area contributed by atoms with Gasteiger partial charge in [0.2, 0.25) is 0 Å². The molecule has 1 aliphatic heterocycles. The maximum Gasteiger partial charge on any atom is 0.0387 e. The van der Waals surface area contributed by atoms with Crippen LogP contribution in [0, 0.1) is 6.92 Å². The summed E-state index contributed by atoms with van der Waals surface area (Å²) in [6.45, 7) is 13.9. The summed E-state index contributed by atoms with van der Waals surface area (Å²) in [6.07, 6.45) is 3.44. The molecule has 0 fully saturated rings. The van der Waals surface area contributed by atoms with E-state index in [9.17, 15) is 0 Å². The van der Waals surface area contributed by atoms with Crippen molar-refractivity contribution in [3.63, 3.8) is 0 Å². The van der Waals surface area contributed by atoms with Gasteiger partial charge < -0.3 is 4.57 Å². The van der Waals surface area contributed by atoms with E-state index in [1.807, 2.05) is 13.8 Å². The number of aryl methyl sites for hydroxylation is 1. The third kappa shape index (κ3) is 4.40. The smallest absolute Gasteiger partial charge is 0.0387 e. The van der Waals surface area contributed by atoms with Crippen molar-refractivity contribution in [2.24, 2.45) is 0 Å². The molecular formula is C14H28N2. The van der Waals surface area contributed by atoms with Crippen molar-refractivity contribution in [3.8, 4) is 0 Å². The zero-order valence-corrected chi connectivity index (χ0v) is 11.9. The molecule has 0 atom stereocenters. The van der Waals surface area contributed by atoms with Crippen LogP contribution < -0.4 is 0 Å². The first-order chi connectivity index (χ1) is 7.69. The van der Waals surface area contributed by atoms with Crippen LogP contribution in [0.3, 0.4) is 0 Å². The summed E-state index contributed by atoms with van der Waals surface area (Å²) in [5.74, 6) is 0. The lowest BCUT2D eigenvalue weighted by Gasteiger charge is -2.25. The van der Waals surface area contributed by atoms with Crippen LogP contribution in [0.15, 0.2) is 12.3 Å². The van der Waals surface area contributed by atoms with Crippen molar-refractivity contribution in [2.75, 3.05) is 13.6 Å². The Morgan fingerprint density at radius 3 is 2.31 bits per heavy atom. The van der Waals surface area contributed by atoms with Crippen molar-refractivity contribution < 1.29 is 0 Å². The Hall–Kier alpha value is -0.760. The number of hydrogen-bond donors (Lipinski definition) is 0. The lowest BCUT2D eigenvalue weighted by Crippen LogP contribution is -2.30. The van der Waals surface area contributed by atoms with Gasteiger partial charge in [-0.15, -0.1) is 0 Å². The third-order valence-corrected chi connectivity index (χ3v) is 2.45. The molecule has 0 saturated carbocycles. The summed E-state index contributed by atoms with van der Waals surface area (Å²) in [6, 6.07) is 2.20. The summed E-state index contributed by atoms with van der Waals surface area (Å²) < 4.78 is 2.36. The van der Waals surface area contributed by atoms with Gasteiger partial charge in [-0.1, -0.05) is 34.1 Å². The minimum absolute atomic E-state index is 1.11. The number of fused-ring (bicyclic) bond motifs is 1. The minimum Gasteiger partial charge on any atom is -0.349 e. The van der Waals surface area contributed by atoms with E-state index in [4.69, 9.17) is 0 Å². The van der Waals surface area contributed by atoms with Crippen LogP contribution in [0.2, 0.25) is 0 Å². The molecule has 0 bridgehead atoms. The molecule has 0 unspecified atom stereocenters. The number of aromatic nitrogens is 1. The van der Waals surface area contributed by atoms with Crippen molar-refractivity contribution in [3.05, 3.63) is 23.5 Å². The predicted molar refractivity (Wildman–Crippen MR) is 72.8 cm³/mol. The molecule has 1 aromatic rings. The van der Waals surface area contributed by atoms with Gasteiger partial charge in [-0.3, -0.25) is 4.90 Å². The number of nitrogens with zero attached hydrogens (tertiary/aromatic N) is 2. The van der Waals surface area contributed by atoms with E-state index < -0.39 is 0 Å². The van der Waals surface area contributed by atoms with Crippen LogP contribution in [0.1, 0.15) is 45.4 Å². The average molecular weight is 224 g/mol. The molecule has 0 saturated heterocycles. The second-order valence-electron chi connectivity index (χ2n) is 4.08. The van der Waals surface area contributed by atoms with Crippen molar-refractivity contribution in [2.45, 2.75) is 54.1 Å². The summed E-state index contributed by atoms with van der Waals surface area (Å²) in [4.78, 5) is 2.36. The monoisotopic (exact) mass is 224 g/mol.